The highest BCUT2D eigenvalue weighted by Crippen LogP contribution is 2.18. The number of aryl methyl sites for hydroxylation is 4. The molecule has 18 heavy (non-hydrogen) atoms. The molecule has 2 aromatic rings. The fourth-order valence-corrected chi connectivity index (χ4v) is 2.13. The molecule has 2 aromatic heterocycles. The molecule has 0 atom stereocenters. The van der Waals surface area contributed by atoms with Crippen molar-refractivity contribution in [3.05, 3.63) is 22.9 Å². The maximum Gasteiger partial charge on any atom is 0.158 e. The van der Waals surface area contributed by atoms with Gasteiger partial charge in [-0.3, -0.25) is 4.68 Å². The molecule has 0 amide bonds. The third-order valence-electron chi connectivity index (χ3n) is 2.94. The zero-order valence-electron chi connectivity index (χ0n) is 11.7. The summed E-state index contributed by atoms with van der Waals surface area (Å²) in [6.07, 6.45) is 0. The largest absolute Gasteiger partial charge is 0.313 e. The third kappa shape index (κ3) is 2.15. The van der Waals surface area contributed by atoms with E-state index in [0.29, 0.717) is 0 Å². The van der Waals surface area contributed by atoms with Crippen molar-refractivity contribution >= 4 is 0 Å². The molecule has 6 nitrogen and oxygen atoms in total. The van der Waals surface area contributed by atoms with Crippen LogP contribution in [-0.2, 0) is 13.6 Å². The van der Waals surface area contributed by atoms with Crippen LogP contribution in [-0.4, -0.2) is 31.1 Å². The lowest BCUT2D eigenvalue weighted by molar-refractivity contribution is 0.668. The van der Waals surface area contributed by atoms with Crippen LogP contribution in [0.2, 0.25) is 0 Å². The molecule has 1 N–H and O–H groups in total. The van der Waals surface area contributed by atoms with Gasteiger partial charge in [0.1, 0.15) is 11.6 Å². The lowest BCUT2D eigenvalue weighted by atomic mass is 10.2. The fraction of sp³-hybridized carbons (Fsp3) is 0.583. The van der Waals surface area contributed by atoms with E-state index in [2.05, 4.69) is 27.4 Å². The van der Waals surface area contributed by atoms with Crippen molar-refractivity contribution in [2.45, 2.75) is 34.2 Å². The van der Waals surface area contributed by atoms with Gasteiger partial charge in [-0.15, -0.1) is 5.10 Å². The van der Waals surface area contributed by atoms with Crippen molar-refractivity contribution in [3.63, 3.8) is 0 Å². The number of aromatic nitrogens is 5. The summed E-state index contributed by atoms with van der Waals surface area (Å²) in [5, 5.41) is 12.3. The molecular formula is C12H20N6. The van der Waals surface area contributed by atoms with Crippen molar-refractivity contribution in [2.24, 2.45) is 7.05 Å². The van der Waals surface area contributed by atoms with E-state index in [9.17, 15) is 0 Å². The van der Waals surface area contributed by atoms with Gasteiger partial charge in [0.15, 0.2) is 5.82 Å². The van der Waals surface area contributed by atoms with Crippen LogP contribution >= 0.6 is 0 Å². The second kappa shape index (κ2) is 4.89. The van der Waals surface area contributed by atoms with Crippen LogP contribution in [0.5, 0.6) is 0 Å². The molecule has 6 heteroatoms. The average Bonchev–Trinajstić information content (AvgIpc) is 2.75. The van der Waals surface area contributed by atoms with Gasteiger partial charge in [0.05, 0.1) is 5.69 Å². The molecule has 0 radical (unpaired) electrons. The topological polar surface area (TPSA) is 60.6 Å². The minimum Gasteiger partial charge on any atom is -0.313 e. The Kier molecular flexibility index (Phi) is 3.47. The highest BCUT2D eigenvalue weighted by atomic mass is 15.4. The van der Waals surface area contributed by atoms with E-state index in [1.54, 1.807) is 0 Å². The Bertz CT molecular complexity index is 551. The maximum absolute atomic E-state index is 4.48. The third-order valence-corrected chi connectivity index (χ3v) is 2.94. The predicted octanol–water partition coefficient (Wildman–Crippen LogP) is 1.04. The van der Waals surface area contributed by atoms with E-state index in [1.807, 2.05) is 37.2 Å². The molecule has 0 saturated carbocycles. The Balaban J connectivity index is 2.52. The van der Waals surface area contributed by atoms with E-state index in [-0.39, 0.29) is 0 Å². The Hall–Kier alpha value is -1.69. The van der Waals surface area contributed by atoms with Crippen LogP contribution in [0.3, 0.4) is 0 Å². The lowest BCUT2D eigenvalue weighted by Crippen LogP contribution is -2.16. The van der Waals surface area contributed by atoms with Crippen molar-refractivity contribution in [1.29, 1.82) is 0 Å². The predicted molar refractivity (Wildman–Crippen MR) is 69.7 cm³/mol. The van der Waals surface area contributed by atoms with Gasteiger partial charge in [0.2, 0.25) is 0 Å². The molecule has 0 aliphatic carbocycles. The van der Waals surface area contributed by atoms with Gasteiger partial charge in [0.25, 0.3) is 0 Å². The van der Waals surface area contributed by atoms with Gasteiger partial charge in [-0.1, -0.05) is 6.92 Å². The molecule has 0 spiro atoms. The minimum atomic E-state index is 0.778. The highest BCUT2D eigenvalue weighted by Gasteiger charge is 2.17. The molecule has 0 aliphatic rings. The number of hydrogen-bond donors (Lipinski definition) is 1. The fourth-order valence-electron chi connectivity index (χ4n) is 2.13. The van der Waals surface area contributed by atoms with Crippen LogP contribution in [0.1, 0.15) is 29.8 Å². The van der Waals surface area contributed by atoms with E-state index < -0.39 is 0 Å². The van der Waals surface area contributed by atoms with Gasteiger partial charge in [-0.25, -0.2) is 4.98 Å². The Morgan fingerprint density at radius 2 is 1.89 bits per heavy atom. The molecule has 0 aromatic carbocycles. The van der Waals surface area contributed by atoms with E-state index in [4.69, 9.17) is 0 Å². The molecule has 0 saturated heterocycles. The Morgan fingerprint density at radius 1 is 1.17 bits per heavy atom. The summed E-state index contributed by atoms with van der Waals surface area (Å²) < 4.78 is 3.73. The van der Waals surface area contributed by atoms with Crippen LogP contribution in [0.25, 0.3) is 5.82 Å². The van der Waals surface area contributed by atoms with Crippen molar-refractivity contribution in [1.82, 2.24) is 29.9 Å². The molecule has 98 valence electrons. The molecule has 0 aliphatic heterocycles. The minimum absolute atomic E-state index is 0.778. The van der Waals surface area contributed by atoms with Crippen LogP contribution in [0.15, 0.2) is 0 Å². The second-order valence-corrected chi connectivity index (χ2v) is 4.41. The molecule has 0 bridgehead atoms. The monoisotopic (exact) mass is 248 g/mol. The lowest BCUT2D eigenvalue weighted by Gasteiger charge is -2.08. The van der Waals surface area contributed by atoms with E-state index >= 15 is 0 Å². The van der Waals surface area contributed by atoms with Crippen LogP contribution < -0.4 is 5.32 Å². The first kappa shape index (κ1) is 12.8. The van der Waals surface area contributed by atoms with E-state index in [0.717, 1.165) is 36.3 Å². The summed E-state index contributed by atoms with van der Waals surface area (Å²) in [6, 6.07) is 0. The maximum atomic E-state index is 4.48. The highest BCUT2D eigenvalue weighted by molar-refractivity contribution is 5.38. The van der Waals surface area contributed by atoms with Gasteiger partial charge < -0.3 is 5.32 Å². The summed E-state index contributed by atoms with van der Waals surface area (Å²) in [5.41, 5.74) is 2.20. The number of rotatable bonds is 4. The Labute approximate surface area is 107 Å². The standard InChI is InChI=1S/C12H20N6/c1-6-13-7-11-8(2)15-17(5)12(11)18-10(4)14-9(3)16-18/h13H,6-7H2,1-5H3. The van der Waals surface area contributed by atoms with Gasteiger partial charge in [-0.05, 0) is 27.3 Å². The number of nitrogens with one attached hydrogen (secondary N) is 1. The number of hydrogen-bond acceptors (Lipinski definition) is 4. The van der Waals surface area contributed by atoms with Crippen LogP contribution in [0, 0.1) is 20.8 Å². The zero-order chi connectivity index (χ0) is 13.3. The first-order valence-corrected chi connectivity index (χ1v) is 6.18. The molecule has 2 rings (SSSR count). The summed E-state index contributed by atoms with van der Waals surface area (Å²) in [4.78, 5) is 4.35. The average molecular weight is 248 g/mol. The Morgan fingerprint density at radius 3 is 2.44 bits per heavy atom. The first-order chi connectivity index (χ1) is 8.54. The molecular weight excluding hydrogens is 228 g/mol. The van der Waals surface area contributed by atoms with Crippen molar-refractivity contribution < 1.29 is 0 Å². The molecule has 0 fully saturated rings. The van der Waals surface area contributed by atoms with Crippen molar-refractivity contribution in [3.8, 4) is 5.82 Å². The molecule has 2 heterocycles. The summed E-state index contributed by atoms with van der Waals surface area (Å²) in [7, 11) is 1.94. The summed E-state index contributed by atoms with van der Waals surface area (Å²) in [6.45, 7) is 9.70. The SMILES string of the molecule is CCNCc1c(C)nn(C)c1-n1nc(C)nc1C. The first-order valence-electron chi connectivity index (χ1n) is 6.18. The molecule has 0 unspecified atom stereocenters. The normalized spacial score (nSPS) is 11.2. The van der Waals surface area contributed by atoms with Gasteiger partial charge in [-0.2, -0.15) is 9.78 Å². The van der Waals surface area contributed by atoms with Crippen LogP contribution in [0.4, 0.5) is 0 Å². The smallest absolute Gasteiger partial charge is 0.158 e. The van der Waals surface area contributed by atoms with Crippen molar-refractivity contribution in [2.75, 3.05) is 6.54 Å². The summed E-state index contributed by atoms with van der Waals surface area (Å²) in [5.74, 6) is 2.65. The quantitative estimate of drug-likeness (QED) is 0.878. The van der Waals surface area contributed by atoms with Gasteiger partial charge in [0, 0.05) is 19.2 Å². The number of nitrogens with zero attached hydrogens (tertiary/aromatic N) is 5. The summed E-state index contributed by atoms with van der Waals surface area (Å²) >= 11 is 0. The second-order valence-electron chi connectivity index (χ2n) is 4.41. The van der Waals surface area contributed by atoms with E-state index in [1.165, 1.54) is 5.56 Å². The van der Waals surface area contributed by atoms with Gasteiger partial charge >= 0.3 is 0 Å². The zero-order valence-corrected chi connectivity index (χ0v) is 11.7.